The first kappa shape index (κ1) is 26.3. The number of hydrogen-bond donors (Lipinski definition) is 0. The average Bonchev–Trinajstić information content (AvgIpc) is 3.62. The van der Waals surface area contributed by atoms with Crippen LogP contribution in [0, 0.1) is 0 Å². The summed E-state index contributed by atoms with van der Waals surface area (Å²) in [4.78, 5) is 2.47. The van der Waals surface area contributed by atoms with Gasteiger partial charge >= 0.3 is 0 Å². The molecule has 2 aromatic heterocycles. The summed E-state index contributed by atoms with van der Waals surface area (Å²) >= 11 is 0. The van der Waals surface area contributed by atoms with Crippen molar-refractivity contribution < 1.29 is 0 Å². The standard InChI is InChI=1S/C42H35N3/c1-43-28-26-42(27-29-43,30-18-22-32(23-19-30)44-38-14-6-2-10-34(38)35-11-3-7-15-39(35)44)31-20-24-33(25-21-31)45-40-16-8-4-12-36(40)37-13-5-9-17-41(37)45/h2-25H,26-29H2,1H3. The molecule has 0 amide bonds. The Hall–Kier alpha value is -5.12. The van der Waals surface area contributed by atoms with Crippen molar-refractivity contribution >= 4 is 43.6 Å². The molecule has 0 saturated carbocycles. The molecule has 0 aliphatic carbocycles. The molecule has 1 fully saturated rings. The van der Waals surface area contributed by atoms with Gasteiger partial charge in [-0.05, 0) is 92.6 Å². The van der Waals surface area contributed by atoms with E-state index >= 15 is 0 Å². The SMILES string of the molecule is CN1CCC(c2ccc(-n3c4ccccc4c4ccccc43)cc2)(c2ccc(-n3c4ccccc4c4ccccc43)cc2)CC1. The second-order valence-electron chi connectivity index (χ2n) is 12.7. The van der Waals surface area contributed by atoms with Gasteiger partial charge in [-0.15, -0.1) is 0 Å². The van der Waals surface area contributed by atoms with E-state index in [9.17, 15) is 0 Å². The minimum absolute atomic E-state index is 0.0226. The molecule has 8 aromatic rings. The zero-order valence-electron chi connectivity index (χ0n) is 25.5. The van der Waals surface area contributed by atoms with E-state index in [0.29, 0.717) is 0 Å². The molecule has 9 rings (SSSR count). The topological polar surface area (TPSA) is 13.1 Å². The van der Waals surface area contributed by atoms with Crippen LogP contribution in [-0.2, 0) is 5.41 Å². The van der Waals surface area contributed by atoms with Crippen molar-refractivity contribution in [3.05, 3.63) is 157 Å². The lowest BCUT2D eigenvalue weighted by Crippen LogP contribution is -2.41. The molecule has 0 spiro atoms. The molecule has 1 aliphatic heterocycles. The Morgan fingerprint density at radius 3 is 1.04 bits per heavy atom. The summed E-state index contributed by atoms with van der Waals surface area (Å²) in [5, 5.41) is 5.19. The van der Waals surface area contributed by atoms with Crippen molar-refractivity contribution in [1.82, 2.24) is 14.0 Å². The lowest BCUT2D eigenvalue weighted by molar-refractivity contribution is 0.213. The molecule has 45 heavy (non-hydrogen) atoms. The molecule has 3 heterocycles. The Kier molecular flexibility index (Phi) is 5.97. The maximum absolute atomic E-state index is 2.47. The fourth-order valence-corrected chi connectivity index (χ4v) is 8.00. The van der Waals surface area contributed by atoms with Crippen molar-refractivity contribution in [2.45, 2.75) is 18.3 Å². The number of para-hydroxylation sites is 4. The fourth-order valence-electron chi connectivity index (χ4n) is 8.00. The number of rotatable bonds is 4. The molecule has 6 aromatic carbocycles. The first-order chi connectivity index (χ1) is 22.2. The van der Waals surface area contributed by atoms with Crippen LogP contribution in [0.3, 0.4) is 0 Å². The zero-order chi connectivity index (χ0) is 30.0. The van der Waals surface area contributed by atoms with Crippen molar-refractivity contribution in [2.24, 2.45) is 0 Å². The highest BCUT2D eigenvalue weighted by Gasteiger charge is 2.37. The number of benzene rings is 6. The summed E-state index contributed by atoms with van der Waals surface area (Å²) in [5.41, 5.74) is 10.2. The molecule has 0 bridgehead atoms. The number of fused-ring (bicyclic) bond motifs is 6. The highest BCUT2D eigenvalue weighted by molar-refractivity contribution is 6.10. The van der Waals surface area contributed by atoms with E-state index < -0.39 is 0 Å². The van der Waals surface area contributed by atoms with E-state index in [2.05, 4.69) is 167 Å². The van der Waals surface area contributed by atoms with Crippen LogP contribution < -0.4 is 0 Å². The van der Waals surface area contributed by atoms with Gasteiger partial charge in [-0.3, -0.25) is 0 Å². The van der Waals surface area contributed by atoms with Gasteiger partial charge in [0.25, 0.3) is 0 Å². The number of likely N-dealkylation sites (tertiary alicyclic amines) is 1. The van der Waals surface area contributed by atoms with E-state index in [1.807, 2.05) is 0 Å². The minimum Gasteiger partial charge on any atom is -0.309 e. The molecule has 3 heteroatoms. The van der Waals surface area contributed by atoms with E-state index in [-0.39, 0.29) is 5.41 Å². The largest absolute Gasteiger partial charge is 0.309 e. The van der Waals surface area contributed by atoms with Gasteiger partial charge < -0.3 is 14.0 Å². The second kappa shape index (κ2) is 10.2. The lowest BCUT2D eigenvalue weighted by atomic mass is 9.68. The van der Waals surface area contributed by atoms with E-state index in [1.165, 1.54) is 66.1 Å². The zero-order valence-corrected chi connectivity index (χ0v) is 25.5. The van der Waals surface area contributed by atoms with Crippen LogP contribution in [0.5, 0.6) is 0 Å². The summed E-state index contributed by atoms with van der Waals surface area (Å²) in [5.74, 6) is 0. The van der Waals surface area contributed by atoms with Crippen molar-refractivity contribution in [1.29, 1.82) is 0 Å². The molecule has 1 saturated heterocycles. The third-order valence-electron chi connectivity index (χ3n) is 10.4. The molecule has 0 N–H and O–H groups in total. The molecule has 0 unspecified atom stereocenters. The van der Waals surface area contributed by atoms with Gasteiger partial charge in [0, 0.05) is 38.3 Å². The molecule has 1 aliphatic rings. The number of hydrogen-bond acceptors (Lipinski definition) is 1. The summed E-state index contributed by atoms with van der Waals surface area (Å²) in [7, 11) is 2.25. The monoisotopic (exact) mass is 581 g/mol. The van der Waals surface area contributed by atoms with Gasteiger partial charge in [0.1, 0.15) is 0 Å². The van der Waals surface area contributed by atoms with Crippen LogP contribution in [0.4, 0.5) is 0 Å². The van der Waals surface area contributed by atoms with Crippen LogP contribution >= 0.6 is 0 Å². The van der Waals surface area contributed by atoms with Crippen LogP contribution in [0.2, 0.25) is 0 Å². The Balaban J connectivity index is 1.14. The summed E-state index contributed by atoms with van der Waals surface area (Å²) < 4.78 is 4.83. The number of nitrogens with zero attached hydrogens (tertiary/aromatic N) is 3. The highest BCUT2D eigenvalue weighted by Crippen LogP contribution is 2.43. The van der Waals surface area contributed by atoms with Crippen LogP contribution in [0.1, 0.15) is 24.0 Å². The minimum atomic E-state index is -0.0226. The van der Waals surface area contributed by atoms with Crippen molar-refractivity contribution in [2.75, 3.05) is 20.1 Å². The maximum atomic E-state index is 2.47. The smallest absolute Gasteiger partial charge is 0.0541 e. The third kappa shape index (κ3) is 4.01. The summed E-state index contributed by atoms with van der Waals surface area (Å²) in [6.07, 6.45) is 2.21. The maximum Gasteiger partial charge on any atom is 0.0541 e. The van der Waals surface area contributed by atoms with Crippen LogP contribution in [0.25, 0.3) is 55.0 Å². The lowest BCUT2D eigenvalue weighted by Gasteiger charge is -2.42. The van der Waals surface area contributed by atoms with Gasteiger partial charge in [0.2, 0.25) is 0 Å². The Labute approximate surface area is 263 Å². The molecule has 218 valence electrons. The Morgan fingerprint density at radius 1 is 0.400 bits per heavy atom. The first-order valence-corrected chi connectivity index (χ1v) is 16.1. The van der Waals surface area contributed by atoms with Gasteiger partial charge in [-0.25, -0.2) is 0 Å². The molecular weight excluding hydrogens is 546 g/mol. The second-order valence-corrected chi connectivity index (χ2v) is 12.7. The highest BCUT2D eigenvalue weighted by atomic mass is 15.1. The Morgan fingerprint density at radius 2 is 0.711 bits per heavy atom. The quantitative estimate of drug-likeness (QED) is 0.202. The predicted octanol–water partition coefficient (Wildman–Crippen LogP) is 9.89. The first-order valence-electron chi connectivity index (χ1n) is 16.1. The van der Waals surface area contributed by atoms with Gasteiger partial charge in [0.05, 0.1) is 22.1 Å². The van der Waals surface area contributed by atoms with Gasteiger partial charge in [-0.1, -0.05) is 97.1 Å². The van der Waals surface area contributed by atoms with Crippen molar-refractivity contribution in [3.63, 3.8) is 0 Å². The predicted molar refractivity (Wildman–Crippen MR) is 189 cm³/mol. The summed E-state index contributed by atoms with van der Waals surface area (Å²) in [6, 6.07) is 53.9. The van der Waals surface area contributed by atoms with E-state index in [0.717, 1.165) is 25.9 Å². The molecule has 0 atom stereocenters. The number of aromatic nitrogens is 2. The van der Waals surface area contributed by atoms with Crippen LogP contribution in [0.15, 0.2) is 146 Å². The van der Waals surface area contributed by atoms with Crippen molar-refractivity contribution in [3.8, 4) is 11.4 Å². The summed E-state index contributed by atoms with van der Waals surface area (Å²) in [6.45, 7) is 2.17. The number of piperidine rings is 1. The fraction of sp³-hybridized carbons (Fsp3) is 0.143. The molecular formula is C42H35N3. The third-order valence-corrected chi connectivity index (χ3v) is 10.4. The van der Waals surface area contributed by atoms with E-state index in [1.54, 1.807) is 0 Å². The average molecular weight is 582 g/mol. The van der Waals surface area contributed by atoms with Gasteiger partial charge in [-0.2, -0.15) is 0 Å². The molecule has 0 radical (unpaired) electrons. The van der Waals surface area contributed by atoms with Crippen LogP contribution in [-0.4, -0.2) is 34.2 Å². The van der Waals surface area contributed by atoms with Gasteiger partial charge in [0.15, 0.2) is 0 Å². The normalized spacial score (nSPS) is 15.4. The van der Waals surface area contributed by atoms with E-state index in [4.69, 9.17) is 0 Å². The molecule has 3 nitrogen and oxygen atoms in total. The Bertz CT molecular complexity index is 2060.